The van der Waals surface area contributed by atoms with Crippen LogP contribution in [0.2, 0.25) is 0 Å². The van der Waals surface area contributed by atoms with Crippen molar-refractivity contribution in [3.05, 3.63) is 36.5 Å². The fraction of sp³-hybridized carbons (Fsp3) is 0.500. The van der Waals surface area contributed by atoms with E-state index in [-0.39, 0.29) is 0 Å². The van der Waals surface area contributed by atoms with Gasteiger partial charge in [-0.3, -0.25) is 0 Å². The number of allylic oxidation sites excluding steroid dienone is 4. The Labute approximate surface area is 76.7 Å². The maximum Gasteiger partial charge on any atom is -0.0288 e. The van der Waals surface area contributed by atoms with Crippen LogP contribution in [-0.2, 0) is 0 Å². The van der Waals surface area contributed by atoms with Crippen molar-refractivity contribution in [2.24, 2.45) is 0 Å². The fourth-order valence-electron chi connectivity index (χ4n) is 0.832. The standard InChI is InChI=1S/C12H20/c1-5-11(3)9-7-8-10-12(4)6-2/h7,9H,3-6,8,10H2,1-2H3/b9-7+. The molecule has 0 heterocycles. The van der Waals surface area contributed by atoms with Crippen molar-refractivity contribution in [2.45, 2.75) is 39.5 Å². The summed E-state index contributed by atoms with van der Waals surface area (Å²) < 4.78 is 0. The molecule has 0 fully saturated rings. The summed E-state index contributed by atoms with van der Waals surface area (Å²) >= 11 is 0. The molecule has 0 aliphatic carbocycles. The van der Waals surface area contributed by atoms with Crippen LogP contribution in [0.25, 0.3) is 0 Å². The van der Waals surface area contributed by atoms with Crippen LogP contribution in [0.3, 0.4) is 0 Å². The Morgan fingerprint density at radius 2 is 1.83 bits per heavy atom. The van der Waals surface area contributed by atoms with Gasteiger partial charge in [-0.15, -0.1) is 0 Å². The number of hydrogen-bond acceptors (Lipinski definition) is 0. The van der Waals surface area contributed by atoms with E-state index in [1.54, 1.807) is 0 Å². The summed E-state index contributed by atoms with van der Waals surface area (Å²) in [4.78, 5) is 0. The molecule has 0 heteroatoms. The molecule has 0 bridgehead atoms. The van der Waals surface area contributed by atoms with E-state index in [0.717, 1.165) is 25.7 Å². The minimum atomic E-state index is 1.05. The van der Waals surface area contributed by atoms with Crippen LogP contribution >= 0.6 is 0 Å². The Balaban J connectivity index is 3.48. The molecule has 0 nitrogen and oxygen atoms in total. The first kappa shape index (κ1) is 11.2. The molecule has 0 unspecified atom stereocenters. The van der Waals surface area contributed by atoms with Crippen LogP contribution in [-0.4, -0.2) is 0 Å². The van der Waals surface area contributed by atoms with Crippen molar-refractivity contribution in [1.82, 2.24) is 0 Å². The highest BCUT2D eigenvalue weighted by molar-refractivity contribution is 5.13. The van der Waals surface area contributed by atoms with Gasteiger partial charge in [0.05, 0.1) is 0 Å². The highest BCUT2D eigenvalue weighted by Crippen LogP contribution is 2.07. The number of hydrogen-bond donors (Lipinski definition) is 0. The van der Waals surface area contributed by atoms with E-state index in [9.17, 15) is 0 Å². The second-order valence-electron chi connectivity index (χ2n) is 3.06. The predicted molar refractivity (Wildman–Crippen MR) is 57.2 cm³/mol. The van der Waals surface area contributed by atoms with Crippen LogP contribution in [0.1, 0.15) is 39.5 Å². The number of rotatable bonds is 6. The van der Waals surface area contributed by atoms with Crippen LogP contribution in [0.5, 0.6) is 0 Å². The summed E-state index contributed by atoms with van der Waals surface area (Å²) in [5.74, 6) is 0. The van der Waals surface area contributed by atoms with Gasteiger partial charge in [0.1, 0.15) is 0 Å². The lowest BCUT2D eigenvalue weighted by Gasteiger charge is -1.97. The smallest absolute Gasteiger partial charge is 0.0288 e. The molecule has 0 aromatic carbocycles. The van der Waals surface area contributed by atoms with Gasteiger partial charge in [-0.25, -0.2) is 0 Å². The highest BCUT2D eigenvalue weighted by Gasteiger charge is 1.87. The third-order valence-corrected chi connectivity index (χ3v) is 1.97. The first-order valence-corrected chi connectivity index (χ1v) is 4.71. The molecule has 0 rings (SSSR count). The Morgan fingerprint density at radius 1 is 1.17 bits per heavy atom. The quantitative estimate of drug-likeness (QED) is 0.406. The zero-order valence-electron chi connectivity index (χ0n) is 8.40. The largest absolute Gasteiger partial charge is 0.0999 e. The summed E-state index contributed by atoms with van der Waals surface area (Å²) in [6.45, 7) is 12.1. The Bertz CT molecular complexity index is 172. The van der Waals surface area contributed by atoms with Gasteiger partial charge in [0, 0.05) is 0 Å². The van der Waals surface area contributed by atoms with Gasteiger partial charge in [0.25, 0.3) is 0 Å². The molecule has 0 saturated heterocycles. The molecule has 0 atom stereocenters. The summed E-state index contributed by atoms with van der Waals surface area (Å²) in [6.07, 6.45) is 8.67. The molecular formula is C12H20. The molecule has 0 radical (unpaired) electrons. The minimum absolute atomic E-state index is 1.05. The maximum atomic E-state index is 3.95. The summed E-state index contributed by atoms with van der Waals surface area (Å²) in [7, 11) is 0. The van der Waals surface area contributed by atoms with Crippen LogP contribution < -0.4 is 0 Å². The van der Waals surface area contributed by atoms with Crippen LogP contribution in [0.15, 0.2) is 36.5 Å². The van der Waals surface area contributed by atoms with Gasteiger partial charge >= 0.3 is 0 Å². The molecule has 0 N–H and O–H groups in total. The monoisotopic (exact) mass is 164 g/mol. The molecule has 0 amide bonds. The van der Waals surface area contributed by atoms with Crippen molar-refractivity contribution in [2.75, 3.05) is 0 Å². The third-order valence-electron chi connectivity index (χ3n) is 1.97. The lowest BCUT2D eigenvalue weighted by Crippen LogP contribution is -1.77. The Hall–Kier alpha value is -0.780. The lowest BCUT2D eigenvalue weighted by atomic mass is 10.1. The first-order chi connectivity index (χ1) is 5.70. The normalized spacial score (nSPS) is 10.5. The van der Waals surface area contributed by atoms with Gasteiger partial charge in [-0.05, 0) is 25.7 Å². The van der Waals surface area contributed by atoms with Gasteiger partial charge in [-0.1, -0.05) is 50.3 Å². The molecule has 0 aromatic heterocycles. The zero-order valence-corrected chi connectivity index (χ0v) is 8.40. The fourth-order valence-corrected chi connectivity index (χ4v) is 0.832. The summed E-state index contributed by atoms with van der Waals surface area (Å²) in [5, 5.41) is 0. The van der Waals surface area contributed by atoms with E-state index in [1.165, 1.54) is 11.1 Å². The van der Waals surface area contributed by atoms with Crippen LogP contribution in [0, 0.1) is 0 Å². The Kier molecular flexibility index (Phi) is 6.45. The molecule has 68 valence electrons. The van der Waals surface area contributed by atoms with E-state index in [0.29, 0.717) is 0 Å². The maximum absolute atomic E-state index is 3.95. The van der Waals surface area contributed by atoms with Crippen molar-refractivity contribution in [1.29, 1.82) is 0 Å². The van der Waals surface area contributed by atoms with Crippen molar-refractivity contribution >= 4 is 0 Å². The minimum Gasteiger partial charge on any atom is -0.0999 e. The van der Waals surface area contributed by atoms with E-state index in [2.05, 4.69) is 39.2 Å². The van der Waals surface area contributed by atoms with Crippen molar-refractivity contribution in [3.8, 4) is 0 Å². The SMILES string of the molecule is C=C(/C=C/CCC(=C)CC)CC. The topological polar surface area (TPSA) is 0 Å². The molecule has 0 aliphatic heterocycles. The van der Waals surface area contributed by atoms with E-state index in [1.807, 2.05) is 0 Å². The first-order valence-electron chi connectivity index (χ1n) is 4.71. The highest BCUT2D eigenvalue weighted by atomic mass is 13.9. The average molecular weight is 164 g/mol. The third kappa shape index (κ3) is 5.96. The van der Waals surface area contributed by atoms with E-state index < -0.39 is 0 Å². The lowest BCUT2D eigenvalue weighted by molar-refractivity contribution is 0.913. The second kappa shape index (κ2) is 6.90. The summed E-state index contributed by atoms with van der Waals surface area (Å²) in [6, 6.07) is 0. The summed E-state index contributed by atoms with van der Waals surface area (Å²) in [5.41, 5.74) is 2.54. The molecule has 0 spiro atoms. The average Bonchev–Trinajstić information content (AvgIpc) is 2.11. The Morgan fingerprint density at radius 3 is 2.33 bits per heavy atom. The molecule has 12 heavy (non-hydrogen) atoms. The van der Waals surface area contributed by atoms with Crippen molar-refractivity contribution < 1.29 is 0 Å². The van der Waals surface area contributed by atoms with Crippen molar-refractivity contribution in [3.63, 3.8) is 0 Å². The molecular weight excluding hydrogens is 144 g/mol. The zero-order chi connectivity index (χ0) is 9.40. The van der Waals surface area contributed by atoms with E-state index >= 15 is 0 Å². The molecule has 0 saturated carbocycles. The van der Waals surface area contributed by atoms with Gasteiger partial charge < -0.3 is 0 Å². The van der Waals surface area contributed by atoms with Gasteiger partial charge in [0.15, 0.2) is 0 Å². The molecule has 0 aliphatic rings. The van der Waals surface area contributed by atoms with Crippen LogP contribution in [0.4, 0.5) is 0 Å². The predicted octanol–water partition coefficient (Wildman–Crippen LogP) is 4.26. The van der Waals surface area contributed by atoms with Gasteiger partial charge in [-0.2, -0.15) is 0 Å². The molecule has 0 aromatic rings. The van der Waals surface area contributed by atoms with Gasteiger partial charge in [0.2, 0.25) is 0 Å². The van der Waals surface area contributed by atoms with E-state index in [4.69, 9.17) is 0 Å². The second-order valence-corrected chi connectivity index (χ2v) is 3.06.